The van der Waals surface area contributed by atoms with Crippen LogP contribution in [0.2, 0.25) is 0 Å². The molecule has 1 aliphatic heterocycles. The van der Waals surface area contributed by atoms with Crippen LogP contribution in [-0.2, 0) is 0 Å². The number of aromatic nitrogens is 1. The van der Waals surface area contributed by atoms with Gasteiger partial charge >= 0.3 is 0 Å². The molecule has 0 aromatic carbocycles. The van der Waals surface area contributed by atoms with E-state index in [-0.39, 0.29) is 11.9 Å². The van der Waals surface area contributed by atoms with E-state index in [1.807, 2.05) is 0 Å². The van der Waals surface area contributed by atoms with Crippen LogP contribution < -0.4 is 21.7 Å². The number of hydrazine groups is 2. The highest BCUT2D eigenvalue weighted by atomic mass is 16.1. The fourth-order valence-corrected chi connectivity index (χ4v) is 1.28. The first kappa shape index (κ1) is 9.20. The third-order valence-electron chi connectivity index (χ3n) is 2.06. The van der Waals surface area contributed by atoms with Crippen molar-refractivity contribution in [1.29, 1.82) is 0 Å². The highest BCUT2D eigenvalue weighted by Gasteiger charge is 2.14. The van der Waals surface area contributed by atoms with Crippen LogP contribution in [0.5, 0.6) is 0 Å². The molecule has 14 heavy (non-hydrogen) atoms. The van der Waals surface area contributed by atoms with E-state index < -0.39 is 0 Å². The molecule has 1 saturated heterocycles. The van der Waals surface area contributed by atoms with Gasteiger partial charge in [0, 0.05) is 19.3 Å². The lowest BCUT2D eigenvalue weighted by atomic mass is 10.3. The Balaban J connectivity index is 1.78. The van der Waals surface area contributed by atoms with E-state index in [4.69, 9.17) is 0 Å². The Labute approximate surface area is 81.4 Å². The zero-order valence-electron chi connectivity index (χ0n) is 7.63. The second-order valence-corrected chi connectivity index (χ2v) is 3.14. The molecule has 2 rings (SSSR count). The maximum absolute atomic E-state index is 11.5. The Morgan fingerprint density at radius 1 is 1.64 bits per heavy atom. The summed E-state index contributed by atoms with van der Waals surface area (Å²) in [6.45, 7) is 1.39. The molecule has 76 valence electrons. The maximum Gasteiger partial charge on any atom is 0.267 e. The molecule has 1 aromatic heterocycles. The molecule has 0 saturated carbocycles. The molecule has 1 fully saturated rings. The second-order valence-electron chi connectivity index (χ2n) is 3.14. The molecule has 6 nitrogen and oxygen atoms in total. The van der Waals surface area contributed by atoms with Crippen LogP contribution in [0.3, 0.4) is 0 Å². The standard InChI is InChI=1S/C8H13N5O/c14-8(7-2-1-3-9-7)10-4-6-5-11-13-12-6/h1-3,6,9,11-13H,4-5H2,(H,10,14). The number of amides is 1. The van der Waals surface area contributed by atoms with Gasteiger partial charge in [0.05, 0.1) is 6.04 Å². The highest BCUT2D eigenvalue weighted by Crippen LogP contribution is 1.93. The summed E-state index contributed by atoms with van der Waals surface area (Å²) < 4.78 is 0. The fourth-order valence-electron chi connectivity index (χ4n) is 1.28. The van der Waals surface area contributed by atoms with Crippen LogP contribution >= 0.6 is 0 Å². The van der Waals surface area contributed by atoms with Crippen molar-refractivity contribution in [3.05, 3.63) is 24.0 Å². The molecule has 0 radical (unpaired) electrons. The Morgan fingerprint density at radius 2 is 2.57 bits per heavy atom. The van der Waals surface area contributed by atoms with Gasteiger partial charge in [-0.15, -0.1) is 0 Å². The third-order valence-corrected chi connectivity index (χ3v) is 2.06. The van der Waals surface area contributed by atoms with E-state index in [2.05, 4.69) is 26.7 Å². The van der Waals surface area contributed by atoms with Crippen molar-refractivity contribution in [3.63, 3.8) is 0 Å². The number of nitrogens with one attached hydrogen (secondary N) is 5. The lowest BCUT2D eigenvalue weighted by Gasteiger charge is -2.08. The minimum atomic E-state index is -0.0799. The average Bonchev–Trinajstić information content (AvgIpc) is 2.87. The van der Waals surface area contributed by atoms with Gasteiger partial charge in [-0.05, 0) is 12.1 Å². The topological polar surface area (TPSA) is 81.0 Å². The van der Waals surface area contributed by atoms with Gasteiger partial charge in [-0.3, -0.25) is 4.79 Å². The predicted molar refractivity (Wildman–Crippen MR) is 51.2 cm³/mol. The minimum Gasteiger partial charge on any atom is -0.357 e. The fraction of sp³-hybridized carbons (Fsp3) is 0.375. The predicted octanol–water partition coefficient (Wildman–Crippen LogP) is -1.27. The Hall–Kier alpha value is -1.37. The molecule has 1 aliphatic rings. The lowest BCUT2D eigenvalue weighted by Crippen LogP contribution is -2.41. The van der Waals surface area contributed by atoms with Gasteiger partial charge in [0.15, 0.2) is 0 Å². The molecular formula is C8H13N5O. The molecule has 0 bridgehead atoms. The van der Waals surface area contributed by atoms with Crippen molar-refractivity contribution in [2.75, 3.05) is 13.1 Å². The van der Waals surface area contributed by atoms with Gasteiger partial charge in [-0.2, -0.15) is 5.53 Å². The zero-order chi connectivity index (χ0) is 9.80. The smallest absolute Gasteiger partial charge is 0.267 e. The summed E-state index contributed by atoms with van der Waals surface area (Å²) in [6, 6.07) is 3.77. The summed E-state index contributed by atoms with van der Waals surface area (Å²) in [7, 11) is 0. The summed E-state index contributed by atoms with van der Waals surface area (Å²) in [4.78, 5) is 14.3. The Morgan fingerprint density at radius 3 is 3.21 bits per heavy atom. The molecular weight excluding hydrogens is 182 g/mol. The van der Waals surface area contributed by atoms with Crippen molar-refractivity contribution < 1.29 is 4.79 Å². The molecule has 0 spiro atoms. The maximum atomic E-state index is 11.5. The van der Waals surface area contributed by atoms with E-state index in [0.29, 0.717) is 12.2 Å². The van der Waals surface area contributed by atoms with Crippen molar-refractivity contribution in [2.24, 2.45) is 0 Å². The number of hydrogen-bond acceptors (Lipinski definition) is 4. The molecule has 6 heteroatoms. The quantitative estimate of drug-likeness (QED) is 0.416. The zero-order valence-corrected chi connectivity index (χ0v) is 7.63. The summed E-state index contributed by atoms with van der Waals surface area (Å²) in [5, 5.41) is 2.81. The first-order valence-electron chi connectivity index (χ1n) is 4.51. The third kappa shape index (κ3) is 2.11. The van der Waals surface area contributed by atoms with Crippen molar-refractivity contribution in [2.45, 2.75) is 6.04 Å². The van der Waals surface area contributed by atoms with Gasteiger partial charge in [-0.1, -0.05) is 0 Å². The van der Waals surface area contributed by atoms with Crippen LogP contribution in [0, 0.1) is 0 Å². The molecule has 2 heterocycles. The molecule has 1 atom stereocenters. The SMILES string of the molecule is O=C(NCC1CNNN1)c1ccc[nH]1. The number of rotatable bonds is 3. The molecule has 1 amide bonds. The van der Waals surface area contributed by atoms with E-state index in [1.165, 1.54) is 0 Å². The lowest BCUT2D eigenvalue weighted by molar-refractivity contribution is 0.0946. The van der Waals surface area contributed by atoms with Crippen LogP contribution in [0.4, 0.5) is 0 Å². The van der Waals surface area contributed by atoms with E-state index in [0.717, 1.165) is 6.54 Å². The second kappa shape index (κ2) is 4.23. The first-order chi connectivity index (χ1) is 6.86. The van der Waals surface area contributed by atoms with Crippen molar-refractivity contribution >= 4 is 5.91 Å². The number of H-pyrrole nitrogens is 1. The van der Waals surface area contributed by atoms with Gasteiger partial charge in [0.25, 0.3) is 5.91 Å². The summed E-state index contributed by atoms with van der Waals surface area (Å²) >= 11 is 0. The largest absolute Gasteiger partial charge is 0.357 e. The monoisotopic (exact) mass is 195 g/mol. The molecule has 1 unspecified atom stereocenters. The first-order valence-corrected chi connectivity index (χ1v) is 4.51. The highest BCUT2D eigenvalue weighted by molar-refractivity contribution is 5.92. The van der Waals surface area contributed by atoms with Crippen LogP contribution in [0.15, 0.2) is 18.3 Å². The Kier molecular flexibility index (Phi) is 2.78. The van der Waals surface area contributed by atoms with Crippen LogP contribution in [0.25, 0.3) is 0 Å². The van der Waals surface area contributed by atoms with Crippen LogP contribution in [0.1, 0.15) is 10.5 Å². The van der Waals surface area contributed by atoms with E-state index >= 15 is 0 Å². The normalized spacial score (nSPS) is 21.0. The van der Waals surface area contributed by atoms with E-state index in [1.54, 1.807) is 18.3 Å². The molecule has 5 N–H and O–H groups in total. The number of hydrogen-bond donors (Lipinski definition) is 5. The minimum absolute atomic E-state index is 0.0799. The summed E-state index contributed by atoms with van der Waals surface area (Å²) in [5.74, 6) is -0.0799. The number of carbonyl (C=O) groups is 1. The number of carbonyl (C=O) groups excluding carboxylic acids is 1. The Bertz CT molecular complexity index is 291. The van der Waals surface area contributed by atoms with Crippen molar-refractivity contribution in [1.82, 2.24) is 26.7 Å². The number of aromatic amines is 1. The van der Waals surface area contributed by atoms with Gasteiger partial charge in [-0.25, -0.2) is 10.9 Å². The summed E-state index contributed by atoms with van der Waals surface area (Å²) in [6.07, 6.45) is 1.73. The van der Waals surface area contributed by atoms with Gasteiger partial charge in [0.2, 0.25) is 0 Å². The van der Waals surface area contributed by atoms with Crippen LogP contribution in [-0.4, -0.2) is 30.0 Å². The molecule has 0 aliphatic carbocycles. The van der Waals surface area contributed by atoms with E-state index in [9.17, 15) is 4.79 Å². The van der Waals surface area contributed by atoms with Gasteiger partial charge in [0.1, 0.15) is 5.69 Å². The molecule has 1 aromatic rings. The summed E-state index contributed by atoms with van der Waals surface area (Å²) in [5.41, 5.74) is 9.24. The van der Waals surface area contributed by atoms with Gasteiger partial charge < -0.3 is 10.3 Å². The van der Waals surface area contributed by atoms with Crippen molar-refractivity contribution in [3.8, 4) is 0 Å². The average molecular weight is 195 g/mol.